The minimum absolute atomic E-state index is 0.233. The number of hydrogen-bond acceptors (Lipinski definition) is 4. The third-order valence-electron chi connectivity index (χ3n) is 1.82. The maximum Gasteiger partial charge on any atom is 0.335 e. The Kier molecular flexibility index (Phi) is 4.75. The highest BCUT2D eigenvalue weighted by atomic mass is 16.9. The molecule has 0 unspecified atom stereocenters. The lowest BCUT2D eigenvalue weighted by Crippen LogP contribution is -2.23. The molecule has 1 N–H and O–H groups in total. The average molecular weight is 225 g/mol. The van der Waals surface area contributed by atoms with E-state index < -0.39 is 5.97 Å². The second kappa shape index (κ2) is 6.09. The van der Waals surface area contributed by atoms with Gasteiger partial charge >= 0.3 is 5.97 Å². The Bertz CT molecular complexity index is 330. The van der Waals surface area contributed by atoms with Crippen LogP contribution in [0.2, 0.25) is 0 Å². The second-order valence-corrected chi connectivity index (χ2v) is 2.94. The molecule has 0 saturated carbocycles. The molecule has 0 atom stereocenters. The van der Waals surface area contributed by atoms with Gasteiger partial charge in [-0.3, -0.25) is 0 Å². The molecule has 1 rings (SSSR count). The predicted molar refractivity (Wildman–Crippen MR) is 59.1 cm³/mol. The summed E-state index contributed by atoms with van der Waals surface area (Å²) < 4.78 is 0. The number of carboxylic acid groups (broad SMARTS) is 1. The number of rotatable bonds is 6. The van der Waals surface area contributed by atoms with Crippen molar-refractivity contribution in [2.24, 2.45) is 0 Å². The summed E-state index contributed by atoms with van der Waals surface area (Å²) in [4.78, 5) is 21.1. The van der Waals surface area contributed by atoms with Crippen LogP contribution in [0.5, 0.6) is 0 Å². The number of nitrogens with zero attached hydrogens (tertiary/aromatic N) is 1. The van der Waals surface area contributed by atoms with Gasteiger partial charge in [0.1, 0.15) is 0 Å². The SMILES string of the molecule is CCON(OCC)c1ccc(C(=O)O)cc1. The minimum atomic E-state index is -0.953. The zero-order valence-electron chi connectivity index (χ0n) is 9.34. The zero-order valence-corrected chi connectivity index (χ0v) is 9.34. The van der Waals surface area contributed by atoms with Crippen LogP contribution in [0.25, 0.3) is 0 Å². The fraction of sp³-hybridized carbons (Fsp3) is 0.364. The van der Waals surface area contributed by atoms with E-state index in [1.807, 2.05) is 13.8 Å². The lowest BCUT2D eigenvalue weighted by atomic mass is 10.2. The molecular weight excluding hydrogens is 210 g/mol. The van der Waals surface area contributed by atoms with E-state index in [0.717, 1.165) is 0 Å². The van der Waals surface area contributed by atoms with Crippen molar-refractivity contribution < 1.29 is 19.6 Å². The fourth-order valence-corrected chi connectivity index (χ4v) is 1.15. The van der Waals surface area contributed by atoms with Crippen LogP contribution in [0, 0.1) is 0 Å². The number of aromatic carboxylic acids is 1. The number of carboxylic acids is 1. The van der Waals surface area contributed by atoms with Crippen LogP contribution in [0.15, 0.2) is 24.3 Å². The van der Waals surface area contributed by atoms with E-state index in [1.165, 1.54) is 17.4 Å². The van der Waals surface area contributed by atoms with Gasteiger partial charge in [-0.2, -0.15) is 0 Å². The molecule has 5 heteroatoms. The van der Waals surface area contributed by atoms with Crippen LogP contribution in [0.4, 0.5) is 5.69 Å². The Labute approximate surface area is 94.1 Å². The van der Waals surface area contributed by atoms with Crippen LogP contribution in [-0.4, -0.2) is 24.3 Å². The summed E-state index contributed by atoms with van der Waals surface area (Å²) in [6, 6.07) is 6.27. The van der Waals surface area contributed by atoms with Gasteiger partial charge in [0.15, 0.2) is 0 Å². The van der Waals surface area contributed by atoms with Crippen molar-refractivity contribution in [2.45, 2.75) is 13.8 Å². The van der Waals surface area contributed by atoms with E-state index in [4.69, 9.17) is 14.8 Å². The number of benzene rings is 1. The summed E-state index contributed by atoms with van der Waals surface area (Å²) >= 11 is 0. The first kappa shape index (κ1) is 12.5. The minimum Gasteiger partial charge on any atom is -0.478 e. The van der Waals surface area contributed by atoms with Gasteiger partial charge in [0.05, 0.1) is 24.5 Å². The van der Waals surface area contributed by atoms with E-state index in [9.17, 15) is 4.79 Å². The van der Waals surface area contributed by atoms with Crippen molar-refractivity contribution in [3.05, 3.63) is 29.8 Å². The van der Waals surface area contributed by atoms with Crippen molar-refractivity contribution in [1.29, 1.82) is 0 Å². The van der Waals surface area contributed by atoms with Crippen LogP contribution >= 0.6 is 0 Å². The number of hydrogen-bond donors (Lipinski definition) is 1. The van der Waals surface area contributed by atoms with E-state index in [1.54, 1.807) is 12.1 Å². The molecule has 88 valence electrons. The maximum absolute atomic E-state index is 10.7. The Morgan fingerprint density at radius 2 is 1.69 bits per heavy atom. The summed E-state index contributed by atoms with van der Waals surface area (Å²) in [6.07, 6.45) is 0. The molecule has 0 aromatic heterocycles. The third-order valence-corrected chi connectivity index (χ3v) is 1.82. The van der Waals surface area contributed by atoms with Crippen LogP contribution < -0.4 is 5.23 Å². The second-order valence-electron chi connectivity index (χ2n) is 2.94. The molecule has 5 nitrogen and oxygen atoms in total. The van der Waals surface area contributed by atoms with Crippen molar-refractivity contribution in [1.82, 2.24) is 0 Å². The lowest BCUT2D eigenvalue weighted by molar-refractivity contribution is -0.0817. The van der Waals surface area contributed by atoms with Crippen molar-refractivity contribution in [3.8, 4) is 0 Å². The Hall–Kier alpha value is -1.59. The molecule has 0 radical (unpaired) electrons. The highest BCUT2D eigenvalue weighted by molar-refractivity contribution is 5.87. The van der Waals surface area contributed by atoms with Crippen LogP contribution in [0.3, 0.4) is 0 Å². The molecule has 0 fully saturated rings. The molecule has 0 amide bonds. The largest absolute Gasteiger partial charge is 0.478 e. The Morgan fingerprint density at radius 1 is 1.19 bits per heavy atom. The normalized spacial score (nSPS) is 10.1. The predicted octanol–water partition coefficient (Wildman–Crippen LogP) is 2.09. The van der Waals surface area contributed by atoms with Crippen LogP contribution in [0.1, 0.15) is 24.2 Å². The quantitative estimate of drug-likeness (QED) is 0.751. The summed E-state index contributed by atoms with van der Waals surface area (Å²) in [5.74, 6) is -0.953. The number of anilines is 1. The third kappa shape index (κ3) is 3.22. The van der Waals surface area contributed by atoms with Crippen molar-refractivity contribution in [3.63, 3.8) is 0 Å². The summed E-state index contributed by atoms with van der Waals surface area (Å²) in [6.45, 7) is 4.64. The molecule has 0 aliphatic rings. The molecule has 0 aliphatic carbocycles. The van der Waals surface area contributed by atoms with E-state index >= 15 is 0 Å². The zero-order chi connectivity index (χ0) is 12.0. The summed E-state index contributed by atoms with van der Waals surface area (Å²) in [5.41, 5.74) is 0.894. The molecule has 0 aliphatic heterocycles. The topological polar surface area (TPSA) is 59.0 Å². The smallest absolute Gasteiger partial charge is 0.335 e. The molecular formula is C11H15NO4. The molecule has 16 heavy (non-hydrogen) atoms. The van der Waals surface area contributed by atoms with Gasteiger partial charge in [-0.25, -0.2) is 14.5 Å². The van der Waals surface area contributed by atoms with E-state index in [0.29, 0.717) is 18.9 Å². The molecule has 0 spiro atoms. The van der Waals surface area contributed by atoms with E-state index in [2.05, 4.69) is 0 Å². The first-order valence-electron chi connectivity index (χ1n) is 5.08. The first-order valence-corrected chi connectivity index (χ1v) is 5.08. The summed E-state index contributed by atoms with van der Waals surface area (Å²) in [5, 5.41) is 10.0. The fourth-order valence-electron chi connectivity index (χ4n) is 1.15. The Morgan fingerprint density at radius 3 is 2.06 bits per heavy atom. The molecule has 1 aromatic carbocycles. The average Bonchev–Trinajstić information content (AvgIpc) is 2.29. The van der Waals surface area contributed by atoms with Gasteiger partial charge in [-0.1, -0.05) is 0 Å². The van der Waals surface area contributed by atoms with Crippen molar-refractivity contribution in [2.75, 3.05) is 18.4 Å². The highest BCUT2D eigenvalue weighted by Gasteiger charge is 2.08. The molecule has 0 bridgehead atoms. The van der Waals surface area contributed by atoms with Crippen LogP contribution in [-0.2, 0) is 9.68 Å². The standard InChI is InChI=1S/C11H15NO4/c1-3-15-12(16-4-2)10-7-5-9(6-8-10)11(13)14/h5-8H,3-4H2,1-2H3,(H,13,14). The van der Waals surface area contributed by atoms with Gasteiger partial charge in [-0.05, 0) is 38.1 Å². The molecule has 0 saturated heterocycles. The lowest BCUT2D eigenvalue weighted by Gasteiger charge is -2.21. The maximum atomic E-state index is 10.7. The van der Waals surface area contributed by atoms with Crippen molar-refractivity contribution >= 4 is 11.7 Å². The monoisotopic (exact) mass is 225 g/mol. The van der Waals surface area contributed by atoms with Gasteiger partial charge in [-0.15, -0.1) is 5.23 Å². The van der Waals surface area contributed by atoms with E-state index in [-0.39, 0.29) is 5.56 Å². The van der Waals surface area contributed by atoms with Gasteiger partial charge in [0, 0.05) is 0 Å². The highest BCUT2D eigenvalue weighted by Crippen LogP contribution is 2.16. The summed E-state index contributed by atoms with van der Waals surface area (Å²) in [7, 11) is 0. The van der Waals surface area contributed by atoms with Gasteiger partial charge in [0.2, 0.25) is 0 Å². The number of carbonyl (C=O) groups is 1. The first-order chi connectivity index (χ1) is 7.69. The van der Waals surface area contributed by atoms with Gasteiger partial charge in [0.25, 0.3) is 0 Å². The molecule has 1 aromatic rings. The van der Waals surface area contributed by atoms with Gasteiger partial charge < -0.3 is 5.11 Å². The molecule has 0 heterocycles. The Balaban J connectivity index is 2.80.